The van der Waals surface area contributed by atoms with Gasteiger partial charge in [-0.2, -0.15) is 0 Å². The van der Waals surface area contributed by atoms with Crippen LogP contribution in [0, 0.1) is 0 Å². The highest BCUT2D eigenvalue weighted by molar-refractivity contribution is 6.39. The Morgan fingerprint density at radius 2 is 1.71 bits per heavy atom. The number of anilines is 2. The maximum atomic E-state index is 11.5. The third-order valence-electron chi connectivity index (χ3n) is 7.70. The highest BCUT2D eigenvalue weighted by Gasteiger charge is 2.21. The van der Waals surface area contributed by atoms with Crippen LogP contribution >= 0.6 is 23.2 Å². The second-order valence-electron chi connectivity index (χ2n) is 10.7. The van der Waals surface area contributed by atoms with Crippen LogP contribution in [0.4, 0.5) is 11.4 Å². The van der Waals surface area contributed by atoms with Crippen LogP contribution in [0.15, 0.2) is 66.9 Å². The zero-order valence-corrected chi connectivity index (χ0v) is 26.8. The van der Waals surface area contributed by atoms with E-state index in [1.165, 1.54) is 0 Å². The molecule has 1 aliphatic heterocycles. The number of carbonyl (C=O) groups is 1. The van der Waals surface area contributed by atoms with Crippen molar-refractivity contribution in [3.8, 4) is 33.9 Å². The summed E-state index contributed by atoms with van der Waals surface area (Å²) in [6.07, 6.45) is 3.14. The molecule has 11 heteroatoms. The monoisotopic (exact) mass is 649 g/mol. The van der Waals surface area contributed by atoms with Crippen molar-refractivity contribution in [3.05, 3.63) is 88.0 Å². The maximum absolute atomic E-state index is 11.5. The summed E-state index contributed by atoms with van der Waals surface area (Å²) in [4.78, 5) is 16.1. The fourth-order valence-corrected chi connectivity index (χ4v) is 6.05. The van der Waals surface area contributed by atoms with Crippen molar-refractivity contribution in [2.45, 2.75) is 32.0 Å². The van der Waals surface area contributed by atoms with Gasteiger partial charge in [-0.15, -0.1) is 0 Å². The number of pyridine rings is 1. The number of para-hydroxylation sites is 1. The van der Waals surface area contributed by atoms with Gasteiger partial charge < -0.3 is 35.8 Å². The number of hydrogen-bond acceptors (Lipinski definition) is 8. The Morgan fingerprint density at radius 3 is 2.47 bits per heavy atom. The van der Waals surface area contributed by atoms with Gasteiger partial charge >= 0.3 is 0 Å². The average molecular weight is 651 g/mol. The molecular weight excluding hydrogens is 613 g/mol. The summed E-state index contributed by atoms with van der Waals surface area (Å²) in [5.74, 6) is 1.51. The SMILES string of the molecule is COc1cc(-c2nccc(-c3cccc(Nc4cccc(CNCCO)c4OC)c3Cl)c2Cl)ccc1CNC[C@H]1CCC(=O)N1. The number of aliphatic hydroxyl groups is 1. The second kappa shape index (κ2) is 15.4. The van der Waals surface area contributed by atoms with Crippen molar-refractivity contribution in [3.63, 3.8) is 0 Å². The van der Waals surface area contributed by atoms with E-state index in [-0.39, 0.29) is 18.6 Å². The van der Waals surface area contributed by atoms with E-state index in [1.807, 2.05) is 60.7 Å². The van der Waals surface area contributed by atoms with Crippen molar-refractivity contribution < 1.29 is 19.4 Å². The normalized spacial score (nSPS) is 14.3. The minimum atomic E-state index is 0.0571. The molecule has 45 heavy (non-hydrogen) atoms. The van der Waals surface area contributed by atoms with Crippen LogP contribution < -0.4 is 30.7 Å². The molecule has 3 aromatic carbocycles. The standard InChI is InChI=1S/C34H37Cl2N5O4/c1-44-29-17-21(9-10-22(29)18-38-20-24-11-12-30(43)40-24)33-32(36)26(13-14-39-33)25-6-4-7-27(31(25)35)41-28-8-3-5-23(34(28)45-2)19-37-15-16-42/h3-10,13-14,17,24,37-38,41-42H,11-12,15-16,18-20H2,1-2H3,(H,40,43)/t24-/m1/s1. The predicted octanol–water partition coefficient (Wildman–Crippen LogP) is 5.93. The van der Waals surface area contributed by atoms with E-state index in [2.05, 4.69) is 26.3 Å². The van der Waals surface area contributed by atoms with Gasteiger partial charge in [-0.3, -0.25) is 9.78 Å². The number of hydrogen-bond donors (Lipinski definition) is 5. The number of aliphatic hydroxyl groups excluding tert-OH is 1. The number of ether oxygens (including phenoxy) is 2. The lowest BCUT2D eigenvalue weighted by molar-refractivity contribution is -0.119. The van der Waals surface area contributed by atoms with E-state index in [0.29, 0.717) is 65.5 Å². The molecule has 0 unspecified atom stereocenters. The molecular formula is C34H37Cl2N5O4. The number of benzene rings is 3. The van der Waals surface area contributed by atoms with E-state index < -0.39 is 0 Å². The van der Waals surface area contributed by atoms with E-state index in [9.17, 15) is 4.79 Å². The van der Waals surface area contributed by atoms with E-state index >= 15 is 0 Å². The van der Waals surface area contributed by atoms with Crippen LogP contribution in [0.1, 0.15) is 24.0 Å². The Morgan fingerprint density at radius 1 is 0.933 bits per heavy atom. The molecule has 0 bridgehead atoms. The largest absolute Gasteiger partial charge is 0.496 e. The first kappa shape index (κ1) is 32.5. The number of aromatic nitrogens is 1. The van der Waals surface area contributed by atoms with Gasteiger partial charge in [0.15, 0.2) is 0 Å². The Bertz CT molecular complexity index is 1650. The predicted molar refractivity (Wildman–Crippen MR) is 180 cm³/mol. The Balaban J connectivity index is 1.38. The minimum Gasteiger partial charge on any atom is -0.496 e. The van der Waals surface area contributed by atoms with Gasteiger partial charge in [0, 0.05) is 72.7 Å². The van der Waals surface area contributed by atoms with E-state index in [0.717, 1.165) is 39.9 Å². The number of carbonyl (C=O) groups excluding carboxylic acids is 1. The first-order valence-electron chi connectivity index (χ1n) is 14.8. The van der Waals surface area contributed by atoms with Gasteiger partial charge in [-0.1, -0.05) is 59.6 Å². The molecule has 0 saturated carbocycles. The summed E-state index contributed by atoms with van der Waals surface area (Å²) >= 11 is 14.0. The molecule has 5 rings (SSSR count). The van der Waals surface area contributed by atoms with Crippen molar-refractivity contribution in [1.82, 2.24) is 20.9 Å². The molecule has 0 spiro atoms. The molecule has 1 amide bonds. The molecule has 1 atom stereocenters. The highest BCUT2D eigenvalue weighted by atomic mass is 35.5. The molecule has 0 aliphatic carbocycles. The minimum absolute atomic E-state index is 0.0571. The lowest BCUT2D eigenvalue weighted by Gasteiger charge is -2.18. The van der Waals surface area contributed by atoms with Crippen LogP contribution in [-0.4, -0.2) is 56.0 Å². The first-order chi connectivity index (χ1) is 21.9. The number of nitrogens with one attached hydrogen (secondary N) is 4. The third kappa shape index (κ3) is 7.69. The summed E-state index contributed by atoms with van der Waals surface area (Å²) < 4.78 is 11.4. The van der Waals surface area contributed by atoms with Gasteiger partial charge in [0.25, 0.3) is 0 Å². The van der Waals surface area contributed by atoms with Crippen molar-refractivity contribution in [1.29, 1.82) is 0 Å². The number of amides is 1. The van der Waals surface area contributed by atoms with E-state index in [4.69, 9.17) is 37.8 Å². The Labute approximate surface area is 273 Å². The van der Waals surface area contributed by atoms with Gasteiger partial charge in [-0.25, -0.2) is 0 Å². The second-order valence-corrected chi connectivity index (χ2v) is 11.4. The molecule has 9 nitrogen and oxygen atoms in total. The summed E-state index contributed by atoms with van der Waals surface area (Å²) in [6.45, 7) is 2.38. The highest BCUT2D eigenvalue weighted by Crippen LogP contribution is 2.42. The lowest BCUT2D eigenvalue weighted by atomic mass is 10.0. The number of nitrogens with zero attached hydrogens (tertiary/aromatic N) is 1. The van der Waals surface area contributed by atoms with Crippen LogP contribution in [0.5, 0.6) is 11.5 Å². The van der Waals surface area contributed by atoms with Crippen molar-refractivity contribution in [2.75, 3.05) is 39.2 Å². The molecule has 0 radical (unpaired) electrons. The molecule has 1 aliphatic rings. The summed E-state index contributed by atoms with van der Waals surface area (Å²) in [6, 6.07) is 19.5. The van der Waals surface area contributed by atoms with Gasteiger partial charge in [-0.05, 0) is 30.7 Å². The molecule has 1 aromatic heterocycles. The number of methoxy groups -OCH3 is 2. The smallest absolute Gasteiger partial charge is 0.220 e. The van der Waals surface area contributed by atoms with Crippen LogP contribution in [-0.2, 0) is 17.9 Å². The lowest BCUT2D eigenvalue weighted by Crippen LogP contribution is -2.35. The fraction of sp³-hybridized carbons (Fsp3) is 0.294. The Hall–Kier alpha value is -3.86. The van der Waals surface area contributed by atoms with Crippen LogP contribution in [0.25, 0.3) is 22.4 Å². The quantitative estimate of drug-likeness (QED) is 0.107. The summed E-state index contributed by atoms with van der Waals surface area (Å²) in [5, 5.41) is 23.1. The Kier molecular flexibility index (Phi) is 11.2. The topological polar surface area (TPSA) is 117 Å². The molecule has 4 aromatic rings. The summed E-state index contributed by atoms with van der Waals surface area (Å²) in [7, 11) is 3.27. The van der Waals surface area contributed by atoms with Crippen LogP contribution in [0.2, 0.25) is 10.0 Å². The zero-order valence-electron chi connectivity index (χ0n) is 25.3. The van der Waals surface area contributed by atoms with E-state index in [1.54, 1.807) is 20.4 Å². The molecule has 1 saturated heterocycles. The summed E-state index contributed by atoms with van der Waals surface area (Å²) in [5.41, 5.74) is 6.31. The van der Waals surface area contributed by atoms with Gasteiger partial charge in [0.05, 0.1) is 47.9 Å². The van der Waals surface area contributed by atoms with Crippen molar-refractivity contribution in [2.24, 2.45) is 0 Å². The average Bonchev–Trinajstić information content (AvgIpc) is 3.47. The molecule has 236 valence electrons. The van der Waals surface area contributed by atoms with Crippen LogP contribution in [0.3, 0.4) is 0 Å². The zero-order chi connectivity index (χ0) is 31.8. The van der Waals surface area contributed by atoms with Crippen molar-refractivity contribution >= 4 is 40.5 Å². The molecule has 1 fully saturated rings. The number of halogens is 2. The number of rotatable bonds is 14. The van der Waals surface area contributed by atoms with Gasteiger partial charge in [0.1, 0.15) is 11.5 Å². The maximum Gasteiger partial charge on any atom is 0.220 e. The fourth-order valence-electron chi connectivity index (χ4n) is 5.45. The van der Waals surface area contributed by atoms with Gasteiger partial charge in [0.2, 0.25) is 5.91 Å². The molecule has 2 heterocycles. The molecule has 5 N–H and O–H groups in total. The first-order valence-corrected chi connectivity index (χ1v) is 15.5. The third-order valence-corrected chi connectivity index (χ3v) is 8.49.